The average molecular weight is 486 g/mol. The Kier molecular flexibility index (Phi) is 7.29. The minimum Gasteiger partial charge on any atom is -0.325 e. The summed E-state index contributed by atoms with van der Waals surface area (Å²) in [6, 6.07) is 7.11. The van der Waals surface area contributed by atoms with E-state index in [9.17, 15) is 22.0 Å². The predicted molar refractivity (Wildman–Crippen MR) is 120 cm³/mol. The third-order valence-electron chi connectivity index (χ3n) is 5.59. The van der Waals surface area contributed by atoms with Gasteiger partial charge in [-0.05, 0) is 63.1 Å². The van der Waals surface area contributed by atoms with Crippen molar-refractivity contribution >= 4 is 33.3 Å². The maximum absolute atomic E-state index is 14.8. The van der Waals surface area contributed by atoms with Crippen molar-refractivity contribution in [1.82, 2.24) is 9.80 Å². The molecule has 0 aliphatic carbocycles. The number of benzene rings is 2. The van der Waals surface area contributed by atoms with Crippen molar-refractivity contribution in [2.24, 2.45) is 0 Å². The van der Waals surface area contributed by atoms with Crippen LogP contribution in [0, 0.1) is 11.6 Å². The van der Waals surface area contributed by atoms with Gasteiger partial charge in [-0.15, -0.1) is 0 Å². The van der Waals surface area contributed by atoms with Gasteiger partial charge in [0.25, 0.3) is 10.0 Å². The summed E-state index contributed by atoms with van der Waals surface area (Å²) in [6.45, 7) is 4.25. The zero-order valence-electron chi connectivity index (χ0n) is 18.1. The van der Waals surface area contributed by atoms with E-state index in [1.165, 1.54) is 24.3 Å². The fraction of sp³-hybridized carbons (Fsp3) is 0.409. The van der Waals surface area contributed by atoms with E-state index < -0.39 is 33.4 Å². The number of likely N-dealkylation sites (tertiary alicyclic amines) is 1. The third-order valence-corrected chi connectivity index (χ3v) is 7.72. The molecule has 1 fully saturated rings. The van der Waals surface area contributed by atoms with Crippen LogP contribution in [-0.2, 0) is 10.0 Å². The molecular weight excluding hydrogens is 460 g/mol. The highest BCUT2D eigenvalue weighted by atomic mass is 35.5. The third kappa shape index (κ3) is 4.99. The van der Waals surface area contributed by atoms with Crippen LogP contribution in [0.2, 0.25) is 5.02 Å². The first-order valence-electron chi connectivity index (χ1n) is 10.3. The number of nitrogens with zero attached hydrogens (tertiary/aromatic N) is 3. The maximum atomic E-state index is 14.8. The molecule has 2 aromatic rings. The van der Waals surface area contributed by atoms with Crippen molar-refractivity contribution in [1.29, 1.82) is 0 Å². The molecule has 1 saturated heterocycles. The number of hydrogen-bond donors (Lipinski definition) is 0. The van der Waals surface area contributed by atoms with Gasteiger partial charge in [-0.2, -0.15) is 0 Å². The van der Waals surface area contributed by atoms with Crippen molar-refractivity contribution < 1.29 is 22.0 Å². The van der Waals surface area contributed by atoms with Crippen molar-refractivity contribution in [3.05, 3.63) is 59.1 Å². The van der Waals surface area contributed by atoms with Gasteiger partial charge in [-0.3, -0.25) is 4.31 Å². The molecule has 1 aliphatic rings. The first-order chi connectivity index (χ1) is 15.0. The van der Waals surface area contributed by atoms with Crippen molar-refractivity contribution in [2.45, 2.75) is 43.7 Å². The molecule has 1 unspecified atom stereocenters. The summed E-state index contributed by atoms with van der Waals surface area (Å²) in [5.41, 5.74) is -0.392. The van der Waals surface area contributed by atoms with Crippen molar-refractivity contribution in [3.8, 4) is 0 Å². The lowest BCUT2D eigenvalue weighted by Gasteiger charge is -2.41. The number of carbonyl (C=O) groups excluding carboxylic acids is 1. The molecule has 2 amide bonds. The van der Waals surface area contributed by atoms with Gasteiger partial charge in [0, 0.05) is 37.3 Å². The first-order valence-corrected chi connectivity index (χ1v) is 12.1. The van der Waals surface area contributed by atoms with Crippen molar-refractivity contribution in [3.63, 3.8) is 0 Å². The Bertz CT molecular complexity index is 1080. The van der Waals surface area contributed by atoms with E-state index in [2.05, 4.69) is 0 Å². The van der Waals surface area contributed by atoms with Crippen LogP contribution in [0.25, 0.3) is 0 Å². The molecule has 2 aromatic carbocycles. The van der Waals surface area contributed by atoms with Crippen LogP contribution in [0.4, 0.5) is 19.3 Å². The lowest BCUT2D eigenvalue weighted by Crippen LogP contribution is -2.55. The molecule has 1 heterocycles. The van der Waals surface area contributed by atoms with Crippen molar-refractivity contribution in [2.75, 3.05) is 24.4 Å². The Morgan fingerprint density at radius 2 is 1.81 bits per heavy atom. The summed E-state index contributed by atoms with van der Waals surface area (Å²) < 4.78 is 57.0. The van der Waals surface area contributed by atoms with Crippen LogP contribution in [0.3, 0.4) is 0 Å². The van der Waals surface area contributed by atoms with Crippen LogP contribution in [-0.4, -0.2) is 56.5 Å². The molecule has 0 aromatic heterocycles. The molecule has 0 bridgehead atoms. The molecule has 0 saturated carbocycles. The average Bonchev–Trinajstić information content (AvgIpc) is 2.75. The molecule has 0 spiro atoms. The van der Waals surface area contributed by atoms with E-state index in [4.69, 9.17) is 11.6 Å². The fourth-order valence-corrected chi connectivity index (χ4v) is 5.46. The quantitative estimate of drug-likeness (QED) is 0.614. The number of hydrogen-bond acceptors (Lipinski definition) is 3. The second-order valence-electron chi connectivity index (χ2n) is 8.08. The zero-order chi connectivity index (χ0) is 23.6. The highest BCUT2D eigenvalue weighted by Crippen LogP contribution is 2.33. The molecule has 0 N–H and O–H groups in total. The van der Waals surface area contributed by atoms with E-state index in [-0.39, 0.29) is 23.5 Å². The van der Waals surface area contributed by atoms with Crippen LogP contribution < -0.4 is 4.31 Å². The van der Waals surface area contributed by atoms with Gasteiger partial charge >= 0.3 is 6.03 Å². The standard InChI is InChI=1S/C22H26ClF2N3O3S/c1-15(2)26(3)22(29)27-12-4-5-18(14-27)28(21-13-17(24)8-11-20(21)25)32(30,31)19-9-6-16(23)7-10-19/h6-11,13,15,18H,4-5,12,14H2,1-3H3. The Hall–Kier alpha value is -2.39. The van der Waals surface area contributed by atoms with E-state index in [0.717, 1.165) is 22.5 Å². The normalized spacial score (nSPS) is 16.8. The number of rotatable bonds is 5. The highest BCUT2D eigenvalue weighted by Gasteiger charge is 2.38. The van der Waals surface area contributed by atoms with Gasteiger partial charge < -0.3 is 9.80 Å². The van der Waals surface area contributed by atoms with Crippen LogP contribution in [0.15, 0.2) is 47.4 Å². The molecule has 6 nitrogen and oxygen atoms in total. The number of piperidine rings is 1. The summed E-state index contributed by atoms with van der Waals surface area (Å²) in [5, 5.41) is 0.346. The van der Waals surface area contributed by atoms with Gasteiger partial charge in [-0.1, -0.05) is 11.6 Å². The van der Waals surface area contributed by atoms with Crippen LogP contribution >= 0.6 is 11.6 Å². The van der Waals surface area contributed by atoms with E-state index >= 15 is 0 Å². The largest absolute Gasteiger partial charge is 0.325 e. The molecule has 1 aliphatic heterocycles. The number of anilines is 1. The van der Waals surface area contributed by atoms with E-state index in [1.54, 1.807) is 16.8 Å². The summed E-state index contributed by atoms with van der Waals surface area (Å²) in [4.78, 5) is 15.9. The number of carbonyl (C=O) groups is 1. The molecule has 10 heteroatoms. The van der Waals surface area contributed by atoms with Gasteiger partial charge in [-0.25, -0.2) is 22.0 Å². The molecule has 3 rings (SSSR count). The van der Waals surface area contributed by atoms with Gasteiger partial charge in [0.15, 0.2) is 0 Å². The minimum atomic E-state index is -4.28. The van der Waals surface area contributed by atoms with Crippen LogP contribution in [0.5, 0.6) is 0 Å². The summed E-state index contributed by atoms with van der Waals surface area (Å²) >= 11 is 5.90. The first kappa shape index (κ1) is 24.3. The minimum absolute atomic E-state index is 0.0440. The molecular formula is C22H26ClF2N3O3S. The molecule has 32 heavy (non-hydrogen) atoms. The van der Waals surface area contributed by atoms with E-state index in [0.29, 0.717) is 24.4 Å². The fourth-order valence-electron chi connectivity index (χ4n) is 3.66. The monoisotopic (exact) mass is 485 g/mol. The Labute approximate surface area is 192 Å². The van der Waals surface area contributed by atoms with Gasteiger partial charge in [0.05, 0.1) is 16.6 Å². The molecule has 174 valence electrons. The number of urea groups is 1. The topological polar surface area (TPSA) is 60.9 Å². The Morgan fingerprint density at radius 3 is 2.44 bits per heavy atom. The van der Waals surface area contributed by atoms with Crippen LogP contribution in [0.1, 0.15) is 26.7 Å². The second kappa shape index (κ2) is 9.62. The predicted octanol–water partition coefficient (Wildman–Crippen LogP) is 4.74. The van der Waals surface area contributed by atoms with Gasteiger partial charge in [0.1, 0.15) is 11.6 Å². The number of halogens is 3. The Morgan fingerprint density at radius 1 is 1.16 bits per heavy atom. The molecule has 1 atom stereocenters. The smallest absolute Gasteiger partial charge is 0.320 e. The van der Waals surface area contributed by atoms with E-state index in [1.807, 2.05) is 13.8 Å². The lowest BCUT2D eigenvalue weighted by atomic mass is 10.1. The summed E-state index contributed by atoms with van der Waals surface area (Å²) in [5.74, 6) is -1.63. The lowest BCUT2D eigenvalue weighted by molar-refractivity contribution is 0.139. The molecule has 0 radical (unpaired) electrons. The summed E-state index contributed by atoms with van der Waals surface area (Å²) in [7, 11) is -2.61. The number of sulfonamides is 1. The SMILES string of the molecule is CC(C)N(C)C(=O)N1CCCC(N(c2cc(F)ccc2F)S(=O)(=O)c2ccc(Cl)cc2)C1. The zero-order valence-corrected chi connectivity index (χ0v) is 19.7. The maximum Gasteiger partial charge on any atom is 0.320 e. The van der Waals surface area contributed by atoms with Gasteiger partial charge in [0.2, 0.25) is 0 Å². The highest BCUT2D eigenvalue weighted by molar-refractivity contribution is 7.92. The Balaban J connectivity index is 2.06. The summed E-state index contributed by atoms with van der Waals surface area (Å²) in [6.07, 6.45) is 0.907. The number of amides is 2. The second-order valence-corrected chi connectivity index (χ2v) is 10.3.